The van der Waals surface area contributed by atoms with Crippen LogP contribution in [0.15, 0.2) is 58.6 Å². The highest BCUT2D eigenvalue weighted by Crippen LogP contribution is 2.23. The van der Waals surface area contributed by atoms with Gasteiger partial charge in [0.25, 0.3) is 11.8 Å². The summed E-state index contributed by atoms with van der Waals surface area (Å²) in [5.74, 6) is -2.08. The highest BCUT2D eigenvalue weighted by molar-refractivity contribution is 9.10. The van der Waals surface area contributed by atoms with Gasteiger partial charge in [0, 0.05) is 4.47 Å². The molecule has 0 bridgehead atoms. The van der Waals surface area contributed by atoms with E-state index in [-0.39, 0.29) is 5.57 Å². The average Bonchev–Trinajstić information content (AvgIpc) is 2.53. The lowest BCUT2D eigenvalue weighted by Crippen LogP contribution is -2.54. The van der Waals surface area contributed by atoms with Crippen molar-refractivity contribution >= 4 is 45.5 Å². The van der Waals surface area contributed by atoms with Gasteiger partial charge >= 0.3 is 6.03 Å². The molecule has 2 aromatic carbocycles. The number of amides is 4. The molecular formula is C17H10BrFN2O3. The number of urea groups is 1. The summed E-state index contributed by atoms with van der Waals surface area (Å²) in [7, 11) is 0. The number of carbonyl (C=O) groups is 3. The molecule has 5 nitrogen and oxygen atoms in total. The number of halogens is 2. The molecule has 0 spiro atoms. The van der Waals surface area contributed by atoms with Crippen LogP contribution in [0.25, 0.3) is 6.08 Å². The molecule has 1 heterocycles. The molecule has 0 unspecified atom stereocenters. The molecule has 1 saturated heterocycles. The smallest absolute Gasteiger partial charge is 0.273 e. The summed E-state index contributed by atoms with van der Waals surface area (Å²) in [6.45, 7) is 0. The molecule has 0 saturated carbocycles. The third kappa shape index (κ3) is 3.11. The van der Waals surface area contributed by atoms with Crippen LogP contribution < -0.4 is 10.2 Å². The first-order valence-corrected chi connectivity index (χ1v) is 7.67. The number of imide groups is 2. The number of carbonyl (C=O) groups excluding carboxylic acids is 3. The van der Waals surface area contributed by atoms with E-state index in [4.69, 9.17) is 0 Å². The maximum atomic E-state index is 13.3. The fourth-order valence-electron chi connectivity index (χ4n) is 2.25. The Labute approximate surface area is 144 Å². The fourth-order valence-corrected chi connectivity index (χ4v) is 2.51. The quantitative estimate of drug-likeness (QED) is 0.634. The van der Waals surface area contributed by atoms with Crippen LogP contribution in [-0.2, 0) is 9.59 Å². The number of anilines is 1. The van der Waals surface area contributed by atoms with Crippen molar-refractivity contribution in [3.63, 3.8) is 0 Å². The van der Waals surface area contributed by atoms with Gasteiger partial charge in [-0.05, 0) is 48.0 Å². The van der Waals surface area contributed by atoms with Gasteiger partial charge in [0.1, 0.15) is 11.4 Å². The molecule has 7 heteroatoms. The van der Waals surface area contributed by atoms with E-state index in [1.807, 2.05) is 0 Å². The van der Waals surface area contributed by atoms with E-state index in [1.165, 1.54) is 24.3 Å². The molecule has 1 aliphatic rings. The lowest BCUT2D eigenvalue weighted by molar-refractivity contribution is -0.122. The van der Waals surface area contributed by atoms with Crippen molar-refractivity contribution in [1.82, 2.24) is 5.32 Å². The van der Waals surface area contributed by atoms with Gasteiger partial charge in [-0.3, -0.25) is 14.9 Å². The summed E-state index contributed by atoms with van der Waals surface area (Å²) < 4.78 is 14.1. The molecule has 0 aromatic heterocycles. The van der Waals surface area contributed by atoms with Crippen LogP contribution >= 0.6 is 15.9 Å². The SMILES string of the molecule is O=C1NC(=O)N(c2ccc(Br)cc2)C(=O)/C1=C/c1cccc(F)c1. The standard InChI is InChI=1S/C17H10BrFN2O3/c18-11-4-6-13(7-5-11)21-16(23)14(15(22)20-17(21)24)9-10-2-1-3-12(19)8-10/h1-9H,(H,20,22,24)/b14-9+. The van der Waals surface area contributed by atoms with Crippen LogP contribution in [0.5, 0.6) is 0 Å². The van der Waals surface area contributed by atoms with E-state index in [0.717, 1.165) is 9.37 Å². The fraction of sp³-hybridized carbons (Fsp3) is 0. The van der Waals surface area contributed by atoms with E-state index in [0.29, 0.717) is 11.3 Å². The minimum absolute atomic E-state index is 0.247. The molecular weight excluding hydrogens is 379 g/mol. The highest BCUT2D eigenvalue weighted by atomic mass is 79.9. The summed E-state index contributed by atoms with van der Waals surface area (Å²) in [6.07, 6.45) is 1.25. The number of benzene rings is 2. The van der Waals surface area contributed by atoms with Crippen molar-refractivity contribution in [3.8, 4) is 0 Å². The third-order valence-corrected chi connectivity index (χ3v) is 3.87. The van der Waals surface area contributed by atoms with Crippen LogP contribution in [0.1, 0.15) is 5.56 Å². The van der Waals surface area contributed by atoms with Crippen LogP contribution in [-0.4, -0.2) is 17.8 Å². The first-order chi connectivity index (χ1) is 11.5. The van der Waals surface area contributed by atoms with Gasteiger partial charge < -0.3 is 0 Å². The molecule has 120 valence electrons. The summed E-state index contributed by atoms with van der Waals surface area (Å²) in [5.41, 5.74) is 0.417. The lowest BCUT2D eigenvalue weighted by atomic mass is 10.1. The Morgan fingerprint density at radius 1 is 1.04 bits per heavy atom. The van der Waals surface area contributed by atoms with Crippen molar-refractivity contribution in [3.05, 3.63) is 70.0 Å². The lowest BCUT2D eigenvalue weighted by Gasteiger charge is -2.26. The Hall–Kier alpha value is -2.80. The molecule has 2 aromatic rings. The normalized spacial score (nSPS) is 16.5. The zero-order valence-electron chi connectivity index (χ0n) is 12.1. The maximum Gasteiger partial charge on any atom is 0.335 e. The summed E-state index contributed by atoms with van der Waals surface area (Å²) >= 11 is 3.27. The second kappa shape index (κ2) is 6.37. The molecule has 4 amide bonds. The third-order valence-electron chi connectivity index (χ3n) is 3.35. The van der Waals surface area contributed by atoms with Crippen LogP contribution in [0.2, 0.25) is 0 Å². The van der Waals surface area contributed by atoms with Crippen molar-refractivity contribution in [2.75, 3.05) is 4.90 Å². The van der Waals surface area contributed by atoms with Gasteiger partial charge in [-0.2, -0.15) is 0 Å². The van der Waals surface area contributed by atoms with Gasteiger partial charge in [0.2, 0.25) is 0 Å². The first-order valence-electron chi connectivity index (χ1n) is 6.88. The molecule has 1 fully saturated rings. The molecule has 0 atom stereocenters. The average molecular weight is 389 g/mol. The number of hydrogen-bond donors (Lipinski definition) is 1. The monoisotopic (exact) mass is 388 g/mol. The number of rotatable bonds is 2. The summed E-state index contributed by atoms with van der Waals surface area (Å²) in [6, 6.07) is 11.1. The number of barbiturate groups is 1. The Kier molecular flexibility index (Phi) is 4.26. The highest BCUT2D eigenvalue weighted by Gasteiger charge is 2.36. The zero-order chi connectivity index (χ0) is 17.3. The first kappa shape index (κ1) is 16.1. The van der Waals surface area contributed by atoms with E-state index < -0.39 is 23.7 Å². The minimum Gasteiger partial charge on any atom is -0.273 e. The zero-order valence-corrected chi connectivity index (χ0v) is 13.7. The Morgan fingerprint density at radius 2 is 1.75 bits per heavy atom. The predicted molar refractivity (Wildman–Crippen MR) is 89.5 cm³/mol. The summed E-state index contributed by atoms with van der Waals surface area (Å²) in [5, 5.41) is 2.11. The van der Waals surface area contributed by atoms with Gasteiger partial charge in [-0.15, -0.1) is 0 Å². The van der Waals surface area contributed by atoms with E-state index >= 15 is 0 Å². The van der Waals surface area contributed by atoms with E-state index in [1.54, 1.807) is 30.3 Å². The number of nitrogens with one attached hydrogen (secondary N) is 1. The Morgan fingerprint density at radius 3 is 2.42 bits per heavy atom. The molecule has 3 rings (SSSR count). The van der Waals surface area contributed by atoms with Crippen LogP contribution in [0.4, 0.5) is 14.9 Å². The minimum atomic E-state index is -0.830. The number of hydrogen-bond acceptors (Lipinski definition) is 3. The Bertz CT molecular complexity index is 878. The van der Waals surface area contributed by atoms with Crippen LogP contribution in [0, 0.1) is 5.82 Å². The Balaban J connectivity index is 2.01. The topological polar surface area (TPSA) is 66.5 Å². The van der Waals surface area contributed by atoms with E-state index in [9.17, 15) is 18.8 Å². The van der Waals surface area contributed by atoms with Crippen molar-refractivity contribution in [2.45, 2.75) is 0 Å². The second-order valence-corrected chi connectivity index (χ2v) is 5.90. The predicted octanol–water partition coefficient (Wildman–Crippen LogP) is 3.25. The summed E-state index contributed by atoms with van der Waals surface area (Å²) in [4.78, 5) is 37.5. The molecule has 1 aliphatic heterocycles. The number of nitrogens with zero attached hydrogens (tertiary/aromatic N) is 1. The van der Waals surface area contributed by atoms with Gasteiger partial charge in [-0.25, -0.2) is 14.1 Å². The van der Waals surface area contributed by atoms with Crippen LogP contribution in [0.3, 0.4) is 0 Å². The second-order valence-electron chi connectivity index (χ2n) is 4.99. The van der Waals surface area contributed by atoms with Crippen molar-refractivity contribution in [2.24, 2.45) is 0 Å². The molecule has 1 N–H and O–H groups in total. The molecule has 24 heavy (non-hydrogen) atoms. The van der Waals surface area contributed by atoms with Crippen molar-refractivity contribution < 1.29 is 18.8 Å². The maximum absolute atomic E-state index is 13.3. The van der Waals surface area contributed by atoms with Crippen molar-refractivity contribution in [1.29, 1.82) is 0 Å². The van der Waals surface area contributed by atoms with Gasteiger partial charge in [0.05, 0.1) is 5.69 Å². The van der Waals surface area contributed by atoms with E-state index in [2.05, 4.69) is 21.2 Å². The van der Waals surface area contributed by atoms with Gasteiger partial charge in [-0.1, -0.05) is 28.1 Å². The van der Waals surface area contributed by atoms with Gasteiger partial charge in [0.15, 0.2) is 0 Å². The largest absolute Gasteiger partial charge is 0.335 e. The molecule has 0 radical (unpaired) electrons. The molecule has 0 aliphatic carbocycles.